The van der Waals surface area contributed by atoms with Crippen molar-refractivity contribution in [2.45, 2.75) is 19.4 Å². The van der Waals surface area contributed by atoms with Crippen LogP contribution in [0.25, 0.3) is 0 Å². The van der Waals surface area contributed by atoms with E-state index >= 15 is 0 Å². The molecule has 1 aromatic carbocycles. The number of hydrogen-bond acceptors (Lipinski definition) is 2. The Morgan fingerprint density at radius 3 is 2.75 bits per heavy atom. The number of benzene rings is 1. The number of nitrogens with zero attached hydrogens (tertiary/aromatic N) is 1. The van der Waals surface area contributed by atoms with E-state index in [0.717, 1.165) is 25.2 Å². The molecular formula is C13H19FN2. The lowest BCUT2D eigenvalue weighted by Crippen LogP contribution is -2.31. The van der Waals surface area contributed by atoms with Gasteiger partial charge in [-0.15, -0.1) is 0 Å². The van der Waals surface area contributed by atoms with Gasteiger partial charge in [-0.1, -0.05) is 12.1 Å². The Morgan fingerprint density at radius 2 is 2.19 bits per heavy atom. The first-order chi connectivity index (χ1) is 7.63. The maximum absolute atomic E-state index is 13.0. The molecule has 0 unspecified atom stereocenters. The summed E-state index contributed by atoms with van der Waals surface area (Å²) in [5, 5.41) is 0. The van der Waals surface area contributed by atoms with E-state index in [1.165, 1.54) is 18.9 Å². The normalized spacial score (nSPS) is 17.8. The fraction of sp³-hybridized carbons (Fsp3) is 0.538. The van der Waals surface area contributed by atoms with Crippen LogP contribution in [0.2, 0.25) is 0 Å². The summed E-state index contributed by atoms with van der Waals surface area (Å²) in [5.74, 6) is -0.161. The van der Waals surface area contributed by atoms with Crippen LogP contribution < -0.4 is 5.73 Å². The van der Waals surface area contributed by atoms with Gasteiger partial charge in [-0.3, -0.25) is 0 Å². The Morgan fingerprint density at radius 1 is 1.44 bits per heavy atom. The van der Waals surface area contributed by atoms with Crippen LogP contribution in [0.15, 0.2) is 24.3 Å². The van der Waals surface area contributed by atoms with Gasteiger partial charge in [0.1, 0.15) is 5.82 Å². The molecule has 1 aliphatic carbocycles. The predicted molar refractivity (Wildman–Crippen MR) is 63.5 cm³/mol. The van der Waals surface area contributed by atoms with E-state index in [-0.39, 0.29) is 5.82 Å². The Kier molecular flexibility index (Phi) is 3.26. The zero-order chi connectivity index (χ0) is 11.6. The quantitative estimate of drug-likeness (QED) is 0.825. The van der Waals surface area contributed by atoms with E-state index in [1.54, 1.807) is 12.1 Å². The van der Waals surface area contributed by atoms with Gasteiger partial charge in [0.25, 0.3) is 0 Å². The molecule has 1 aromatic rings. The summed E-state index contributed by atoms with van der Waals surface area (Å²) in [6.07, 6.45) is 2.47. The Hall–Kier alpha value is -0.930. The largest absolute Gasteiger partial charge is 0.330 e. The molecule has 0 bridgehead atoms. The highest BCUT2D eigenvalue weighted by Gasteiger charge is 2.41. The van der Waals surface area contributed by atoms with Crippen molar-refractivity contribution in [3.63, 3.8) is 0 Å². The molecule has 0 spiro atoms. The van der Waals surface area contributed by atoms with Gasteiger partial charge in [0.05, 0.1) is 0 Å². The summed E-state index contributed by atoms with van der Waals surface area (Å²) in [6.45, 7) is 2.57. The maximum Gasteiger partial charge on any atom is 0.123 e. The van der Waals surface area contributed by atoms with Crippen molar-refractivity contribution in [1.29, 1.82) is 0 Å². The average Bonchev–Trinajstić information content (AvgIpc) is 2.98. The van der Waals surface area contributed by atoms with Crippen LogP contribution in [0, 0.1) is 11.2 Å². The first-order valence-corrected chi connectivity index (χ1v) is 5.77. The molecule has 0 heterocycles. The summed E-state index contributed by atoms with van der Waals surface area (Å²) in [6, 6.07) is 6.79. The van der Waals surface area contributed by atoms with Gasteiger partial charge in [0, 0.05) is 13.1 Å². The molecule has 0 amide bonds. The lowest BCUT2D eigenvalue weighted by Gasteiger charge is -2.22. The molecule has 16 heavy (non-hydrogen) atoms. The van der Waals surface area contributed by atoms with Crippen LogP contribution in [0.4, 0.5) is 4.39 Å². The van der Waals surface area contributed by atoms with Gasteiger partial charge in [0.15, 0.2) is 0 Å². The highest BCUT2D eigenvalue weighted by molar-refractivity contribution is 5.16. The van der Waals surface area contributed by atoms with Crippen molar-refractivity contribution in [3.05, 3.63) is 35.6 Å². The fourth-order valence-corrected chi connectivity index (χ4v) is 2.18. The smallest absolute Gasteiger partial charge is 0.123 e. The zero-order valence-electron chi connectivity index (χ0n) is 9.75. The molecule has 0 aliphatic heterocycles. The standard InChI is InChI=1S/C13H19FN2/c1-16(10-13(9-15)5-6-13)8-11-3-2-4-12(14)7-11/h2-4,7H,5-6,8-10,15H2,1H3. The van der Waals surface area contributed by atoms with Crippen LogP contribution in [-0.2, 0) is 6.54 Å². The molecule has 0 radical (unpaired) electrons. The highest BCUT2D eigenvalue weighted by Crippen LogP contribution is 2.44. The maximum atomic E-state index is 13.0. The third-order valence-corrected chi connectivity index (χ3v) is 3.34. The lowest BCUT2D eigenvalue weighted by molar-refractivity contribution is 0.259. The summed E-state index contributed by atoms with van der Waals surface area (Å²) in [5.41, 5.74) is 7.12. The van der Waals surface area contributed by atoms with Crippen molar-refractivity contribution in [2.75, 3.05) is 20.1 Å². The first kappa shape index (κ1) is 11.6. The molecule has 2 N–H and O–H groups in total. The second kappa shape index (κ2) is 4.52. The molecule has 0 saturated heterocycles. The van der Waals surface area contributed by atoms with E-state index < -0.39 is 0 Å². The number of nitrogens with two attached hydrogens (primary N) is 1. The van der Waals surface area contributed by atoms with Gasteiger partial charge in [-0.05, 0) is 49.5 Å². The Balaban J connectivity index is 1.89. The number of halogens is 1. The van der Waals surface area contributed by atoms with E-state index in [2.05, 4.69) is 11.9 Å². The summed E-state index contributed by atoms with van der Waals surface area (Å²) in [7, 11) is 2.07. The van der Waals surface area contributed by atoms with Gasteiger partial charge in [-0.2, -0.15) is 0 Å². The summed E-state index contributed by atoms with van der Waals surface area (Å²) < 4.78 is 13.0. The highest BCUT2D eigenvalue weighted by atomic mass is 19.1. The van der Waals surface area contributed by atoms with Crippen molar-refractivity contribution < 1.29 is 4.39 Å². The van der Waals surface area contributed by atoms with Gasteiger partial charge in [0.2, 0.25) is 0 Å². The van der Waals surface area contributed by atoms with Crippen LogP contribution >= 0.6 is 0 Å². The zero-order valence-corrected chi connectivity index (χ0v) is 9.75. The lowest BCUT2D eigenvalue weighted by atomic mass is 10.1. The van der Waals surface area contributed by atoms with Crippen molar-refractivity contribution in [2.24, 2.45) is 11.1 Å². The van der Waals surface area contributed by atoms with Crippen molar-refractivity contribution in [1.82, 2.24) is 4.90 Å². The number of hydrogen-bond donors (Lipinski definition) is 1. The predicted octanol–water partition coefficient (Wildman–Crippen LogP) is 2.00. The topological polar surface area (TPSA) is 29.3 Å². The second-order valence-corrected chi connectivity index (χ2v) is 5.01. The monoisotopic (exact) mass is 222 g/mol. The van der Waals surface area contributed by atoms with E-state index in [4.69, 9.17) is 5.73 Å². The molecule has 2 rings (SSSR count). The third-order valence-electron chi connectivity index (χ3n) is 3.34. The van der Waals surface area contributed by atoms with Crippen LogP contribution in [0.3, 0.4) is 0 Å². The van der Waals surface area contributed by atoms with E-state index in [1.807, 2.05) is 6.07 Å². The van der Waals surface area contributed by atoms with Crippen molar-refractivity contribution in [3.8, 4) is 0 Å². The first-order valence-electron chi connectivity index (χ1n) is 5.77. The second-order valence-electron chi connectivity index (χ2n) is 5.01. The molecule has 0 aromatic heterocycles. The minimum absolute atomic E-state index is 0.161. The van der Waals surface area contributed by atoms with Crippen LogP contribution in [0.1, 0.15) is 18.4 Å². The molecule has 2 nitrogen and oxygen atoms in total. The van der Waals surface area contributed by atoms with E-state index in [0.29, 0.717) is 5.41 Å². The van der Waals surface area contributed by atoms with E-state index in [9.17, 15) is 4.39 Å². The Bertz CT molecular complexity index is 361. The SMILES string of the molecule is CN(Cc1cccc(F)c1)CC1(CN)CC1. The molecule has 1 fully saturated rings. The summed E-state index contributed by atoms with van der Waals surface area (Å²) in [4.78, 5) is 2.23. The molecule has 3 heteroatoms. The van der Waals surface area contributed by atoms with Crippen LogP contribution in [-0.4, -0.2) is 25.0 Å². The molecule has 88 valence electrons. The molecular weight excluding hydrogens is 203 g/mol. The van der Waals surface area contributed by atoms with Gasteiger partial charge >= 0.3 is 0 Å². The minimum Gasteiger partial charge on any atom is -0.330 e. The molecule has 1 aliphatic rings. The third kappa shape index (κ3) is 2.80. The minimum atomic E-state index is -0.161. The average molecular weight is 222 g/mol. The van der Waals surface area contributed by atoms with Crippen molar-refractivity contribution >= 4 is 0 Å². The Labute approximate surface area is 96.2 Å². The summed E-state index contributed by atoms with van der Waals surface area (Å²) >= 11 is 0. The number of rotatable bonds is 5. The van der Waals surface area contributed by atoms with Gasteiger partial charge in [-0.25, -0.2) is 4.39 Å². The van der Waals surface area contributed by atoms with Crippen LogP contribution in [0.5, 0.6) is 0 Å². The molecule has 1 saturated carbocycles. The molecule has 0 atom stereocenters. The fourth-order valence-electron chi connectivity index (χ4n) is 2.18. The van der Waals surface area contributed by atoms with Gasteiger partial charge < -0.3 is 10.6 Å².